The zero-order valence-electron chi connectivity index (χ0n) is 22.1. The van der Waals surface area contributed by atoms with Gasteiger partial charge in [0.1, 0.15) is 5.75 Å². The number of anilines is 1. The molecule has 0 aromatic heterocycles. The second-order valence-corrected chi connectivity index (χ2v) is 14.8. The van der Waals surface area contributed by atoms with Crippen LogP contribution in [0.1, 0.15) is 63.8 Å². The molecule has 3 aromatic rings. The summed E-state index contributed by atoms with van der Waals surface area (Å²) < 4.78 is 0. The van der Waals surface area contributed by atoms with Crippen molar-refractivity contribution < 1.29 is 22.1 Å². The molecule has 0 heterocycles. The summed E-state index contributed by atoms with van der Waals surface area (Å²) in [5.74, 6) is 0.448. The number of nitrogens with zero attached hydrogens (tertiary/aromatic N) is 1. The van der Waals surface area contributed by atoms with Gasteiger partial charge in [0.05, 0.1) is 0 Å². The molecular weight excluding hydrogens is 528 g/mol. The molecule has 0 fully saturated rings. The van der Waals surface area contributed by atoms with Crippen LogP contribution in [0.2, 0.25) is 0 Å². The average molecular weight is 566 g/mol. The van der Waals surface area contributed by atoms with E-state index in [0.717, 1.165) is 17.4 Å². The summed E-state index contributed by atoms with van der Waals surface area (Å²) >= 11 is -0.556. The molecule has 0 bridgehead atoms. The Morgan fingerprint density at radius 2 is 1.49 bits per heavy atom. The molecule has 35 heavy (non-hydrogen) atoms. The number of hydrogen-bond acceptors (Lipinski definition) is 2. The zero-order valence-corrected chi connectivity index (χ0v) is 26.2. The number of aromatic hydroxyl groups is 1. The minimum absolute atomic E-state index is 0.0194. The van der Waals surface area contributed by atoms with Gasteiger partial charge in [0.2, 0.25) is 0 Å². The van der Waals surface area contributed by atoms with Crippen LogP contribution in [-0.4, -0.2) is 12.2 Å². The molecule has 2 nitrogen and oxygen atoms in total. The fourth-order valence-electron chi connectivity index (χ4n) is 3.94. The van der Waals surface area contributed by atoms with Gasteiger partial charge in [-0.05, 0) is 46.6 Å². The van der Waals surface area contributed by atoms with E-state index in [-0.39, 0.29) is 10.8 Å². The molecule has 3 rings (SSSR count). The maximum atomic E-state index is 11.3. The van der Waals surface area contributed by atoms with Gasteiger partial charge in [0, 0.05) is 35.5 Å². The number of phenols is 1. The van der Waals surface area contributed by atoms with Crippen molar-refractivity contribution >= 4 is 43.5 Å². The third-order valence-corrected chi connectivity index (χ3v) is 7.52. The molecule has 188 valence electrons. The van der Waals surface area contributed by atoms with Gasteiger partial charge in [-0.15, -0.1) is 0 Å². The fraction of sp³-hybridized carbons (Fsp3) is 0.379. The van der Waals surface area contributed by atoms with Crippen LogP contribution in [0.4, 0.5) is 5.69 Å². The Kier molecular flexibility index (Phi) is 11.2. The molecule has 0 aliphatic rings. The fourth-order valence-corrected chi connectivity index (χ4v) is 5.38. The summed E-state index contributed by atoms with van der Waals surface area (Å²) in [5, 5.41) is 13.7. The predicted molar refractivity (Wildman–Crippen MR) is 155 cm³/mol. The Bertz CT molecular complexity index is 1110. The van der Waals surface area contributed by atoms with Crippen molar-refractivity contribution in [1.29, 1.82) is 0 Å². The van der Waals surface area contributed by atoms with Crippen LogP contribution in [0.15, 0.2) is 60.7 Å². The normalized spacial score (nSPS) is 11.8. The van der Waals surface area contributed by atoms with Gasteiger partial charge in [-0.1, -0.05) is 98.7 Å². The van der Waals surface area contributed by atoms with Crippen LogP contribution < -0.4 is 15.5 Å². The van der Waals surface area contributed by atoms with E-state index < -0.39 is 17.0 Å². The standard InChI is InChI=1S/C29H38NOP.2ClH.Ti/c1-20-13-12-16-24(30(8)19-21-14-10-9-11-15-21)27(20)32-25-18-22(28(2,3)4)17-23(26(25)31)29(5,6)7;;;/h9-18,31-32H,19H2,1-8H3;2*1H;/q;;;+2/p-2. The second kappa shape index (κ2) is 13.0. The van der Waals surface area contributed by atoms with Crippen LogP contribution in [0.25, 0.3) is 0 Å². The van der Waals surface area contributed by atoms with Crippen LogP contribution in [-0.2, 0) is 34.4 Å². The first-order valence-electron chi connectivity index (χ1n) is 11.8. The van der Waals surface area contributed by atoms with Crippen molar-refractivity contribution in [2.24, 2.45) is 0 Å². The van der Waals surface area contributed by atoms with Crippen LogP contribution in [0.5, 0.6) is 5.75 Å². The number of aryl methyl sites for hydroxylation is 1. The molecule has 0 aliphatic carbocycles. The zero-order chi connectivity index (χ0) is 26.4. The van der Waals surface area contributed by atoms with Crippen molar-refractivity contribution in [2.75, 3.05) is 11.9 Å². The van der Waals surface area contributed by atoms with E-state index >= 15 is 0 Å². The van der Waals surface area contributed by atoms with Gasteiger partial charge in [-0.3, -0.25) is 0 Å². The Labute approximate surface area is 230 Å². The van der Waals surface area contributed by atoms with Crippen LogP contribution in [0, 0.1) is 6.92 Å². The van der Waals surface area contributed by atoms with Crippen LogP contribution in [0.3, 0.4) is 0 Å². The minimum atomic E-state index is -0.556. The monoisotopic (exact) mass is 565 g/mol. The van der Waals surface area contributed by atoms with E-state index in [4.69, 9.17) is 18.6 Å². The van der Waals surface area contributed by atoms with E-state index in [2.05, 4.69) is 121 Å². The Morgan fingerprint density at radius 1 is 0.886 bits per heavy atom. The number of hydrogen-bond donors (Lipinski definition) is 1. The van der Waals surface area contributed by atoms with E-state index in [1.54, 1.807) is 0 Å². The molecule has 0 spiro atoms. The molecule has 1 N–H and O–H groups in total. The summed E-state index contributed by atoms with van der Waals surface area (Å²) in [5.41, 5.74) is 5.98. The van der Waals surface area contributed by atoms with Crippen molar-refractivity contribution in [2.45, 2.75) is 65.8 Å². The third-order valence-electron chi connectivity index (χ3n) is 5.97. The maximum absolute atomic E-state index is 11.3. The van der Waals surface area contributed by atoms with Gasteiger partial charge in [-0.25, -0.2) is 0 Å². The molecule has 0 saturated carbocycles. The Balaban J connectivity index is 0.00000137. The van der Waals surface area contributed by atoms with E-state index in [0.29, 0.717) is 14.3 Å². The molecule has 0 aliphatic heterocycles. The van der Waals surface area contributed by atoms with Gasteiger partial charge < -0.3 is 10.0 Å². The summed E-state index contributed by atoms with van der Waals surface area (Å²) in [6, 6.07) is 21.5. The first-order chi connectivity index (χ1) is 16.3. The first-order valence-corrected chi connectivity index (χ1v) is 17.0. The topological polar surface area (TPSA) is 23.5 Å². The van der Waals surface area contributed by atoms with Gasteiger partial charge in [0.25, 0.3) is 0 Å². The molecule has 1 unspecified atom stereocenters. The van der Waals surface area contributed by atoms with E-state index in [9.17, 15) is 5.11 Å². The second-order valence-electron chi connectivity index (χ2n) is 10.9. The van der Waals surface area contributed by atoms with Crippen LogP contribution >= 0.6 is 27.2 Å². The van der Waals surface area contributed by atoms with E-state index in [1.165, 1.54) is 27.7 Å². The van der Waals surface area contributed by atoms with Crippen molar-refractivity contribution in [3.63, 3.8) is 0 Å². The van der Waals surface area contributed by atoms with Crippen molar-refractivity contribution in [3.8, 4) is 5.75 Å². The molecule has 0 saturated heterocycles. The molecule has 3 aromatic carbocycles. The Morgan fingerprint density at radius 3 is 2.03 bits per heavy atom. The van der Waals surface area contributed by atoms with Crippen molar-refractivity contribution in [1.82, 2.24) is 0 Å². The van der Waals surface area contributed by atoms with Gasteiger partial charge in [-0.2, -0.15) is 0 Å². The summed E-state index contributed by atoms with van der Waals surface area (Å²) in [6.07, 6.45) is 0. The number of benzene rings is 3. The van der Waals surface area contributed by atoms with Gasteiger partial charge >= 0.3 is 35.6 Å². The number of halogens is 2. The Hall–Kier alpha value is -1.02. The van der Waals surface area contributed by atoms with Gasteiger partial charge in [0.15, 0.2) is 0 Å². The molecule has 6 heteroatoms. The summed E-state index contributed by atoms with van der Waals surface area (Å²) in [4.78, 5) is 2.32. The molecular formula is C29H38Cl2NOPTi. The third kappa shape index (κ3) is 8.51. The average Bonchev–Trinajstić information content (AvgIpc) is 2.76. The first kappa shape index (κ1) is 30.2. The number of rotatable bonds is 5. The predicted octanol–water partition coefficient (Wildman–Crippen LogP) is 7.94. The molecule has 0 amide bonds. The molecule has 1 atom stereocenters. The molecule has 0 radical (unpaired) electrons. The quantitative estimate of drug-likeness (QED) is 0.251. The SMILES string of the molecule is Cc1cccc(N(C)Cc2ccccc2)c1Pc1cc(C(C)(C)C)cc(C(C)(C)C)c1O.[Cl][Ti][Cl]. The summed E-state index contributed by atoms with van der Waals surface area (Å²) in [7, 11) is 12.3. The summed E-state index contributed by atoms with van der Waals surface area (Å²) in [6.45, 7) is 16.3. The van der Waals surface area contributed by atoms with E-state index in [1.807, 2.05) is 0 Å². The van der Waals surface area contributed by atoms with Crippen molar-refractivity contribution in [3.05, 3.63) is 82.9 Å². The number of phenolic OH excluding ortho intramolecular Hbond substituents is 1.